The Kier molecular flexibility index (Phi) is 4.30. The summed E-state index contributed by atoms with van der Waals surface area (Å²) in [7, 11) is 0. The van der Waals surface area contributed by atoms with Crippen LogP contribution in [0.25, 0.3) is 0 Å². The van der Waals surface area contributed by atoms with Gasteiger partial charge in [-0.1, -0.05) is 42.5 Å². The summed E-state index contributed by atoms with van der Waals surface area (Å²) < 4.78 is 5.64. The maximum Gasteiger partial charge on any atom is 0.303 e. The van der Waals surface area contributed by atoms with Gasteiger partial charge in [0.25, 0.3) is 0 Å². The van der Waals surface area contributed by atoms with Crippen LogP contribution in [0.1, 0.15) is 30.6 Å². The lowest BCUT2D eigenvalue weighted by atomic mass is 9.89. The van der Waals surface area contributed by atoms with E-state index in [9.17, 15) is 4.79 Å². The molecule has 0 bridgehead atoms. The Hall–Kier alpha value is -1.74. The van der Waals surface area contributed by atoms with Crippen molar-refractivity contribution in [3.63, 3.8) is 0 Å². The third-order valence-electron chi connectivity index (χ3n) is 3.72. The number of thioether (sulfide) groups is 1. The van der Waals surface area contributed by atoms with Crippen LogP contribution >= 0.6 is 11.8 Å². The largest absolute Gasteiger partial charge is 0.456 e. The summed E-state index contributed by atoms with van der Waals surface area (Å²) in [5, 5.41) is 0.270. The van der Waals surface area contributed by atoms with Crippen molar-refractivity contribution in [1.82, 2.24) is 0 Å². The molecule has 0 aliphatic heterocycles. The van der Waals surface area contributed by atoms with Crippen molar-refractivity contribution in [1.29, 1.82) is 0 Å². The number of carbonyl (C=O) groups excluding carboxylic acids is 1. The van der Waals surface area contributed by atoms with E-state index in [0.29, 0.717) is 0 Å². The molecular weight excluding hydrogens is 280 g/mol. The van der Waals surface area contributed by atoms with Gasteiger partial charge in [0.15, 0.2) is 0 Å². The molecule has 0 saturated carbocycles. The molecule has 108 valence electrons. The Labute approximate surface area is 129 Å². The molecule has 0 radical (unpaired) electrons. The zero-order valence-corrected chi connectivity index (χ0v) is 12.8. The normalized spacial score (nSPS) is 20.6. The second kappa shape index (κ2) is 6.35. The zero-order valence-electron chi connectivity index (χ0n) is 12.0. The van der Waals surface area contributed by atoms with Gasteiger partial charge in [0, 0.05) is 11.8 Å². The van der Waals surface area contributed by atoms with Crippen molar-refractivity contribution in [2.24, 2.45) is 0 Å². The Morgan fingerprint density at radius 2 is 1.81 bits per heavy atom. The van der Waals surface area contributed by atoms with Gasteiger partial charge in [0.05, 0.1) is 5.25 Å². The van der Waals surface area contributed by atoms with Gasteiger partial charge in [-0.05, 0) is 36.1 Å². The summed E-state index contributed by atoms with van der Waals surface area (Å²) in [4.78, 5) is 12.7. The van der Waals surface area contributed by atoms with E-state index in [1.807, 2.05) is 30.3 Å². The number of esters is 1. The molecule has 0 spiro atoms. The van der Waals surface area contributed by atoms with Crippen molar-refractivity contribution < 1.29 is 9.53 Å². The molecule has 0 amide bonds. The maximum absolute atomic E-state index is 11.5. The average Bonchev–Trinajstić information content (AvgIpc) is 2.50. The average molecular weight is 298 g/mol. The topological polar surface area (TPSA) is 26.3 Å². The number of benzene rings is 2. The van der Waals surface area contributed by atoms with E-state index < -0.39 is 0 Å². The Morgan fingerprint density at radius 1 is 1.10 bits per heavy atom. The Balaban J connectivity index is 1.88. The van der Waals surface area contributed by atoms with Crippen LogP contribution in [0.15, 0.2) is 59.5 Å². The van der Waals surface area contributed by atoms with Crippen molar-refractivity contribution in [3.8, 4) is 0 Å². The van der Waals surface area contributed by atoms with E-state index in [2.05, 4.69) is 24.3 Å². The molecule has 2 nitrogen and oxygen atoms in total. The molecule has 2 aromatic carbocycles. The number of hydrogen-bond donors (Lipinski definition) is 0. The smallest absolute Gasteiger partial charge is 0.303 e. The first-order valence-corrected chi connectivity index (χ1v) is 8.09. The first kappa shape index (κ1) is 14.2. The Bertz CT molecular complexity index is 624. The summed E-state index contributed by atoms with van der Waals surface area (Å²) in [6.07, 6.45) is 1.91. The second-order valence-corrected chi connectivity index (χ2v) is 6.55. The number of hydrogen-bond acceptors (Lipinski definition) is 3. The van der Waals surface area contributed by atoms with E-state index in [-0.39, 0.29) is 17.3 Å². The van der Waals surface area contributed by atoms with Crippen LogP contribution in [0.5, 0.6) is 0 Å². The van der Waals surface area contributed by atoms with Gasteiger partial charge in [-0.2, -0.15) is 0 Å². The molecule has 0 N–H and O–H groups in total. The predicted octanol–water partition coefficient (Wildman–Crippen LogP) is 4.40. The molecule has 0 unspecified atom stereocenters. The SMILES string of the molecule is CC(=O)O[C@@H]1c2ccccc2CC[C@@H]1Sc1ccccc1. The van der Waals surface area contributed by atoms with Gasteiger partial charge in [-0.25, -0.2) is 0 Å². The predicted molar refractivity (Wildman–Crippen MR) is 85.4 cm³/mol. The Morgan fingerprint density at radius 3 is 2.57 bits per heavy atom. The quantitative estimate of drug-likeness (QED) is 0.786. The van der Waals surface area contributed by atoms with Gasteiger partial charge in [-0.15, -0.1) is 11.8 Å². The lowest BCUT2D eigenvalue weighted by molar-refractivity contribution is -0.147. The first-order chi connectivity index (χ1) is 10.2. The third kappa shape index (κ3) is 3.30. The lowest BCUT2D eigenvalue weighted by Crippen LogP contribution is -2.26. The minimum Gasteiger partial charge on any atom is -0.456 e. The van der Waals surface area contributed by atoms with Gasteiger partial charge < -0.3 is 4.74 Å². The highest BCUT2D eigenvalue weighted by Crippen LogP contribution is 2.42. The lowest BCUT2D eigenvalue weighted by Gasteiger charge is -2.32. The van der Waals surface area contributed by atoms with Crippen molar-refractivity contribution in [2.75, 3.05) is 0 Å². The monoisotopic (exact) mass is 298 g/mol. The van der Waals surface area contributed by atoms with Crippen LogP contribution in [0.2, 0.25) is 0 Å². The summed E-state index contributed by atoms with van der Waals surface area (Å²) in [6.45, 7) is 1.49. The molecule has 0 heterocycles. The van der Waals surface area contributed by atoms with E-state index in [4.69, 9.17) is 4.74 Å². The molecular formula is C18H18O2S. The minimum absolute atomic E-state index is 0.155. The molecule has 0 saturated heterocycles. The van der Waals surface area contributed by atoms with E-state index in [1.54, 1.807) is 11.8 Å². The first-order valence-electron chi connectivity index (χ1n) is 7.21. The molecule has 3 heteroatoms. The third-order valence-corrected chi connectivity index (χ3v) is 5.05. The van der Waals surface area contributed by atoms with Crippen LogP contribution in [-0.2, 0) is 16.0 Å². The van der Waals surface area contributed by atoms with Crippen molar-refractivity contribution >= 4 is 17.7 Å². The highest BCUT2D eigenvalue weighted by molar-refractivity contribution is 8.00. The molecule has 2 aromatic rings. The van der Waals surface area contributed by atoms with Gasteiger partial charge in [0.2, 0.25) is 0 Å². The van der Waals surface area contributed by atoms with Crippen molar-refractivity contribution in [2.45, 2.75) is 36.0 Å². The number of rotatable bonds is 3. The molecule has 2 atom stereocenters. The summed E-state index contributed by atoms with van der Waals surface area (Å²) in [5.41, 5.74) is 2.46. The molecule has 3 rings (SSSR count). The van der Waals surface area contributed by atoms with Crippen LogP contribution in [0.3, 0.4) is 0 Å². The molecule has 1 aliphatic rings. The molecule has 0 aromatic heterocycles. The minimum atomic E-state index is -0.213. The zero-order chi connectivity index (χ0) is 14.7. The van der Waals surface area contributed by atoms with Crippen LogP contribution < -0.4 is 0 Å². The fraction of sp³-hybridized carbons (Fsp3) is 0.278. The van der Waals surface area contributed by atoms with Crippen LogP contribution in [0.4, 0.5) is 0 Å². The van der Waals surface area contributed by atoms with Crippen LogP contribution in [-0.4, -0.2) is 11.2 Å². The highest BCUT2D eigenvalue weighted by atomic mass is 32.2. The van der Waals surface area contributed by atoms with Crippen LogP contribution in [0, 0.1) is 0 Å². The second-order valence-electron chi connectivity index (χ2n) is 5.24. The number of carbonyl (C=O) groups is 1. The number of ether oxygens (including phenoxy) is 1. The molecule has 21 heavy (non-hydrogen) atoms. The van der Waals surface area contributed by atoms with Crippen molar-refractivity contribution in [3.05, 3.63) is 65.7 Å². The fourth-order valence-electron chi connectivity index (χ4n) is 2.80. The number of aryl methyl sites for hydroxylation is 1. The molecule has 1 aliphatic carbocycles. The van der Waals surface area contributed by atoms with E-state index in [0.717, 1.165) is 18.4 Å². The fourth-order valence-corrected chi connectivity index (χ4v) is 4.03. The van der Waals surface area contributed by atoms with Gasteiger partial charge in [0.1, 0.15) is 6.10 Å². The summed E-state index contributed by atoms with van der Waals surface area (Å²) in [6, 6.07) is 18.6. The highest BCUT2D eigenvalue weighted by Gasteiger charge is 2.32. The summed E-state index contributed by atoms with van der Waals surface area (Å²) >= 11 is 1.80. The van der Waals surface area contributed by atoms with E-state index >= 15 is 0 Å². The number of fused-ring (bicyclic) bond motifs is 1. The standard InChI is InChI=1S/C18H18O2S/c1-13(19)20-18-16-10-6-5-7-14(16)11-12-17(18)21-15-8-3-2-4-9-15/h2-10,17-18H,11-12H2,1H3/t17-,18+/m0/s1. The van der Waals surface area contributed by atoms with E-state index in [1.165, 1.54) is 17.4 Å². The molecule has 0 fully saturated rings. The summed E-state index contributed by atoms with van der Waals surface area (Å²) in [5.74, 6) is -0.213. The van der Waals surface area contributed by atoms with Gasteiger partial charge >= 0.3 is 5.97 Å². The maximum atomic E-state index is 11.5. The van der Waals surface area contributed by atoms with Gasteiger partial charge in [-0.3, -0.25) is 4.79 Å².